The molecular weight excluding hydrogens is 404 g/mol. The molecule has 2 aromatic rings. The highest BCUT2D eigenvalue weighted by atomic mass is 16.5. The van der Waals surface area contributed by atoms with Crippen molar-refractivity contribution < 1.29 is 14.3 Å². The summed E-state index contributed by atoms with van der Waals surface area (Å²) in [4.78, 5) is 31.6. The van der Waals surface area contributed by atoms with E-state index in [1.807, 2.05) is 37.4 Å². The van der Waals surface area contributed by atoms with Crippen LogP contribution in [-0.2, 0) is 16.1 Å². The van der Waals surface area contributed by atoms with E-state index in [0.29, 0.717) is 19.6 Å². The number of nitrogens with zero attached hydrogens (tertiary/aromatic N) is 3. The third-order valence-electron chi connectivity index (χ3n) is 6.19. The largest absolute Gasteiger partial charge is 0.378 e. The zero-order chi connectivity index (χ0) is 22.3. The number of para-hydroxylation sites is 1. The highest BCUT2D eigenvalue weighted by Gasteiger charge is 2.30. The lowest BCUT2D eigenvalue weighted by Gasteiger charge is -2.34. The van der Waals surface area contributed by atoms with Gasteiger partial charge in [-0.05, 0) is 42.7 Å². The number of piperidine rings is 1. The number of nitrogens with one attached hydrogen (secondary N) is 1. The predicted octanol–water partition coefficient (Wildman–Crippen LogP) is 3.43. The van der Waals surface area contributed by atoms with Gasteiger partial charge in [-0.25, -0.2) is 4.79 Å². The molecule has 1 atom stereocenters. The molecule has 4 rings (SSSR count). The summed E-state index contributed by atoms with van der Waals surface area (Å²) in [5, 5.41) is 2.92. The van der Waals surface area contributed by atoms with Gasteiger partial charge in [-0.1, -0.05) is 30.3 Å². The van der Waals surface area contributed by atoms with E-state index in [1.165, 1.54) is 5.69 Å². The fraction of sp³-hybridized carbons (Fsp3) is 0.440. The summed E-state index contributed by atoms with van der Waals surface area (Å²) in [7, 11) is 1.85. The SMILES string of the molecule is CN(Cc1ccc(N2CCOCC2)cc1)C(=O)C1CCCN(C(=O)Nc2ccccc2)C1. The van der Waals surface area contributed by atoms with Gasteiger partial charge < -0.3 is 24.8 Å². The van der Waals surface area contributed by atoms with E-state index in [0.717, 1.165) is 50.4 Å². The second kappa shape index (κ2) is 10.5. The molecule has 0 aromatic heterocycles. The van der Waals surface area contributed by atoms with Crippen LogP contribution in [0.2, 0.25) is 0 Å². The first-order valence-corrected chi connectivity index (χ1v) is 11.4. The van der Waals surface area contributed by atoms with Crippen LogP contribution in [0, 0.1) is 5.92 Å². The normalized spacial score (nSPS) is 18.8. The molecule has 2 aliphatic heterocycles. The highest BCUT2D eigenvalue weighted by Crippen LogP contribution is 2.22. The molecule has 1 N–H and O–H groups in total. The molecular formula is C25H32N4O3. The van der Waals surface area contributed by atoms with Crippen molar-refractivity contribution in [1.29, 1.82) is 0 Å². The second-order valence-electron chi connectivity index (χ2n) is 8.54. The first-order valence-electron chi connectivity index (χ1n) is 11.4. The van der Waals surface area contributed by atoms with Crippen molar-refractivity contribution in [3.8, 4) is 0 Å². The molecule has 7 heteroatoms. The summed E-state index contributed by atoms with van der Waals surface area (Å²) in [6.07, 6.45) is 1.65. The van der Waals surface area contributed by atoms with Crippen LogP contribution in [0.25, 0.3) is 0 Å². The van der Waals surface area contributed by atoms with Crippen LogP contribution in [0.5, 0.6) is 0 Å². The van der Waals surface area contributed by atoms with Gasteiger partial charge in [-0.3, -0.25) is 4.79 Å². The molecule has 2 aliphatic rings. The molecule has 32 heavy (non-hydrogen) atoms. The molecule has 2 aromatic carbocycles. The Labute approximate surface area is 189 Å². The van der Waals surface area contributed by atoms with Crippen molar-refractivity contribution in [3.05, 3.63) is 60.2 Å². The maximum Gasteiger partial charge on any atom is 0.321 e. The van der Waals surface area contributed by atoms with Crippen LogP contribution in [0.3, 0.4) is 0 Å². The minimum Gasteiger partial charge on any atom is -0.378 e. The average Bonchev–Trinajstić information content (AvgIpc) is 2.85. The summed E-state index contributed by atoms with van der Waals surface area (Å²) < 4.78 is 5.42. The van der Waals surface area contributed by atoms with Crippen LogP contribution in [-0.4, -0.2) is 68.2 Å². The van der Waals surface area contributed by atoms with Crippen molar-refractivity contribution >= 4 is 23.3 Å². The lowest BCUT2D eigenvalue weighted by Crippen LogP contribution is -2.47. The lowest BCUT2D eigenvalue weighted by atomic mass is 9.96. The molecule has 0 aliphatic carbocycles. The minimum absolute atomic E-state index is 0.0967. The van der Waals surface area contributed by atoms with Crippen LogP contribution in [0.1, 0.15) is 18.4 Å². The Bertz CT molecular complexity index is 897. The number of rotatable bonds is 5. The molecule has 2 saturated heterocycles. The van der Waals surface area contributed by atoms with E-state index < -0.39 is 0 Å². The van der Waals surface area contributed by atoms with Crippen LogP contribution in [0.4, 0.5) is 16.2 Å². The number of carbonyl (C=O) groups is 2. The molecule has 0 radical (unpaired) electrons. The summed E-state index contributed by atoms with van der Waals surface area (Å²) in [6.45, 7) is 5.05. The van der Waals surface area contributed by atoms with E-state index in [1.54, 1.807) is 9.80 Å². The van der Waals surface area contributed by atoms with Gasteiger partial charge in [-0.2, -0.15) is 0 Å². The van der Waals surface area contributed by atoms with Gasteiger partial charge >= 0.3 is 6.03 Å². The van der Waals surface area contributed by atoms with Gasteiger partial charge in [0.05, 0.1) is 19.1 Å². The third kappa shape index (κ3) is 5.59. The number of ether oxygens (including phenoxy) is 1. The molecule has 0 saturated carbocycles. The Balaban J connectivity index is 1.30. The topological polar surface area (TPSA) is 65.1 Å². The number of benzene rings is 2. The monoisotopic (exact) mass is 436 g/mol. The zero-order valence-corrected chi connectivity index (χ0v) is 18.7. The Morgan fingerprint density at radius 1 is 1.03 bits per heavy atom. The average molecular weight is 437 g/mol. The Morgan fingerprint density at radius 2 is 1.75 bits per heavy atom. The van der Waals surface area contributed by atoms with E-state index in [-0.39, 0.29) is 17.9 Å². The van der Waals surface area contributed by atoms with Gasteiger partial charge in [0.15, 0.2) is 0 Å². The second-order valence-corrected chi connectivity index (χ2v) is 8.54. The Kier molecular flexibility index (Phi) is 7.27. The van der Waals surface area contributed by atoms with Crippen LogP contribution < -0.4 is 10.2 Å². The number of hydrogen-bond donors (Lipinski definition) is 1. The van der Waals surface area contributed by atoms with Crippen molar-refractivity contribution in [2.24, 2.45) is 5.92 Å². The molecule has 0 spiro atoms. The number of urea groups is 1. The van der Waals surface area contributed by atoms with Gasteiger partial charge in [0.1, 0.15) is 0 Å². The number of likely N-dealkylation sites (tertiary alicyclic amines) is 1. The van der Waals surface area contributed by atoms with E-state index in [9.17, 15) is 9.59 Å². The number of carbonyl (C=O) groups excluding carboxylic acids is 2. The van der Waals surface area contributed by atoms with Crippen LogP contribution >= 0.6 is 0 Å². The van der Waals surface area contributed by atoms with Crippen molar-refractivity contribution in [2.45, 2.75) is 19.4 Å². The Hall–Kier alpha value is -3.06. The van der Waals surface area contributed by atoms with Crippen molar-refractivity contribution in [1.82, 2.24) is 9.80 Å². The van der Waals surface area contributed by atoms with Crippen molar-refractivity contribution in [2.75, 3.05) is 56.7 Å². The quantitative estimate of drug-likeness (QED) is 0.780. The molecule has 0 bridgehead atoms. The Morgan fingerprint density at radius 3 is 2.47 bits per heavy atom. The van der Waals surface area contributed by atoms with Crippen molar-refractivity contribution in [3.63, 3.8) is 0 Å². The maximum atomic E-state index is 13.1. The first kappa shape index (κ1) is 22.1. The molecule has 170 valence electrons. The summed E-state index contributed by atoms with van der Waals surface area (Å²) >= 11 is 0. The van der Waals surface area contributed by atoms with Gasteiger partial charge in [0, 0.05) is 51.1 Å². The van der Waals surface area contributed by atoms with Gasteiger partial charge in [0.2, 0.25) is 5.91 Å². The van der Waals surface area contributed by atoms with E-state index in [2.05, 4.69) is 34.5 Å². The van der Waals surface area contributed by atoms with Gasteiger partial charge in [0.25, 0.3) is 0 Å². The maximum absolute atomic E-state index is 13.1. The minimum atomic E-state index is -0.164. The number of morpholine rings is 1. The fourth-order valence-corrected chi connectivity index (χ4v) is 4.38. The molecule has 2 fully saturated rings. The fourth-order valence-electron chi connectivity index (χ4n) is 4.38. The van der Waals surface area contributed by atoms with Gasteiger partial charge in [-0.15, -0.1) is 0 Å². The highest BCUT2D eigenvalue weighted by molar-refractivity contribution is 5.90. The third-order valence-corrected chi connectivity index (χ3v) is 6.19. The number of anilines is 2. The molecule has 3 amide bonds. The molecule has 7 nitrogen and oxygen atoms in total. The number of hydrogen-bond acceptors (Lipinski definition) is 4. The van der Waals surface area contributed by atoms with E-state index >= 15 is 0 Å². The summed E-state index contributed by atoms with van der Waals surface area (Å²) in [5.74, 6) is -0.0673. The predicted molar refractivity (Wildman–Crippen MR) is 126 cm³/mol. The van der Waals surface area contributed by atoms with E-state index in [4.69, 9.17) is 4.74 Å². The first-order chi connectivity index (χ1) is 15.6. The summed E-state index contributed by atoms with van der Waals surface area (Å²) in [6, 6.07) is 17.7. The zero-order valence-electron chi connectivity index (χ0n) is 18.7. The molecule has 2 heterocycles. The lowest BCUT2D eigenvalue weighted by molar-refractivity contribution is -0.136. The molecule has 1 unspecified atom stereocenters. The standard InChI is InChI=1S/C25H32N4O3/c1-27(18-20-9-11-23(12-10-20)28-14-16-32-17-15-28)24(30)21-6-5-13-29(19-21)25(31)26-22-7-3-2-4-8-22/h2-4,7-12,21H,5-6,13-19H2,1H3,(H,26,31). The number of amides is 3. The summed E-state index contributed by atoms with van der Waals surface area (Å²) in [5.41, 5.74) is 3.06. The smallest absolute Gasteiger partial charge is 0.321 e. The van der Waals surface area contributed by atoms with Crippen LogP contribution in [0.15, 0.2) is 54.6 Å².